The SMILES string of the molecule is CC(C[Si](C)(C)C)(P(=O)(O)O)S(=O)(=O)O[Si](C)(C)C. The maximum atomic E-state index is 12.3. The summed E-state index contributed by atoms with van der Waals surface area (Å²) in [5.41, 5.74) is 0. The average Bonchev–Trinajstić information content (AvgIpc) is 1.92. The summed E-state index contributed by atoms with van der Waals surface area (Å²) >= 11 is 0. The topological polar surface area (TPSA) is 101 Å². The van der Waals surface area contributed by atoms with E-state index in [9.17, 15) is 22.8 Å². The van der Waals surface area contributed by atoms with Crippen molar-refractivity contribution in [2.45, 2.75) is 56.7 Å². The van der Waals surface area contributed by atoms with Crippen LogP contribution in [0.15, 0.2) is 0 Å². The minimum Gasteiger partial charge on any atom is -0.323 e. The Morgan fingerprint density at radius 1 is 1.11 bits per heavy atom. The van der Waals surface area contributed by atoms with E-state index in [1.807, 2.05) is 19.6 Å². The molecule has 0 aliphatic heterocycles. The van der Waals surface area contributed by atoms with Gasteiger partial charge in [0.2, 0.25) is 8.32 Å². The Hall–Kier alpha value is 0.494. The summed E-state index contributed by atoms with van der Waals surface area (Å²) in [4.78, 5) is 19.0. The van der Waals surface area contributed by atoms with Crippen molar-refractivity contribution in [2.24, 2.45) is 0 Å². The Morgan fingerprint density at radius 2 is 1.47 bits per heavy atom. The van der Waals surface area contributed by atoms with Crippen molar-refractivity contribution in [3.63, 3.8) is 0 Å². The molecule has 0 aromatic rings. The molecule has 0 aliphatic carbocycles. The van der Waals surface area contributed by atoms with Gasteiger partial charge in [0.25, 0.3) is 10.1 Å². The standard InChI is InChI=1S/C9H25O6PSSi2/c1-9(16(10,11)12,8-18(2,3)4)17(13,14)15-19(5,6)7/h8H2,1-7H3,(H2,10,11,12). The first-order valence-corrected chi connectivity index (χ1v) is 16.1. The zero-order valence-electron chi connectivity index (χ0n) is 12.6. The van der Waals surface area contributed by atoms with E-state index >= 15 is 0 Å². The van der Waals surface area contributed by atoms with Crippen LogP contribution in [0.3, 0.4) is 0 Å². The molecule has 0 radical (unpaired) electrons. The maximum absolute atomic E-state index is 12.3. The van der Waals surface area contributed by atoms with Gasteiger partial charge in [0.1, 0.15) is 0 Å². The third kappa shape index (κ3) is 5.41. The molecule has 6 nitrogen and oxygen atoms in total. The van der Waals surface area contributed by atoms with Crippen LogP contribution in [0.2, 0.25) is 45.3 Å². The molecule has 0 aliphatic rings. The Morgan fingerprint density at radius 3 is 1.68 bits per heavy atom. The predicted molar refractivity (Wildman–Crippen MR) is 82.0 cm³/mol. The molecular weight excluding hydrogens is 323 g/mol. The molecule has 0 amide bonds. The third-order valence-electron chi connectivity index (χ3n) is 2.37. The van der Waals surface area contributed by atoms with Gasteiger partial charge in [0.05, 0.1) is 0 Å². The van der Waals surface area contributed by atoms with Crippen molar-refractivity contribution in [2.75, 3.05) is 0 Å². The van der Waals surface area contributed by atoms with Crippen molar-refractivity contribution < 1.29 is 26.6 Å². The summed E-state index contributed by atoms with van der Waals surface area (Å²) in [6.45, 7) is 11.7. The molecule has 0 spiro atoms. The third-order valence-corrected chi connectivity index (χ3v) is 11.6. The lowest BCUT2D eigenvalue weighted by Crippen LogP contribution is -2.46. The van der Waals surface area contributed by atoms with Crippen molar-refractivity contribution in [3.05, 3.63) is 0 Å². The normalized spacial score (nSPS) is 18.2. The van der Waals surface area contributed by atoms with Gasteiger partial charge in [-0.3, -0.25) is 4.57 Å². The Bertz CT molecular complexity index is 472. The van der Waals surface area contributed by atoms with Crippen molar-refractivity contribution >= 4 is 34.1 Å². The summed E-state index contributed by atoms with van der Waals surface area (Å²) in [5.74, 6) is 0. The van der Waals surface area contributed by atoms with Gasteiger partial charge in [-0.25, -0.2) is 0 Å². The summed E-state index contributed by atoms with van der Waals surface area (Å²) in [5, 5.41) is 0. The van der Waals surface area contributed by atoms with Crippen LogP contribution < -0.4 is 0 Å². The van der Waals surface area contributed by atoms with Crippen molar-refractivity contribution in [3.8, 4) is 0 Å². The van der Waals surface area contributed by atoms with E-state index in [1.165, 1.54) is 0 Å². The lowest BCUT2D eigenvalue weighted by atomic mass is 10.5. The van der Waals surface area contributed by atoms with Gasteiger partial charge in [-0.15, -0.1) is 0 Å². The summed E-state index contributed by atoms with van der Waals surface area (Å²) in [6, 6.07) is -0.0446. The molecule has 0 fully saturated rings. The highest BCUT2D eigenvalue weighted by atomic mass is 32.2. The van der Waals surface area contributed by atoms with E-state index in [4.69, 9.17) is 3.87 Å². The second kappa shape index (κ2) is 5.36. The van der Waals surface area contributed by atoms with Crippen LogP contribution in [0.5, 0.6) is 0 Å². The molecule has 1 unspecified atom stereocenters. The number of rotatable bonds is 6. The van der Waals surface area contributed by atoms with E-state index in [-0.39, 0.29) is 6.04 Å². The molecule has 0 rings (SSSR count). The zero-order chi connectivity index (χ0) is 15.9. The number of hydrogen-bond donors (Lipinski definition) is 2. The fraction of sp³-hybridized carbons (Fsp3) is 1.00. The second-order valence-electron chi connectivity index (χ2n) is 7.11. The van der Waals surface area contributed by atoms with Crippen molar-refractivity contribution in [1.29, 1.82) is 0 Å². The molecule has 10 heteroatoms. The molecule has 0 aromatic heterocycles. The minimum atomic E-state index is -4.85. The molecule has 116 valence electrons. The highest BCUT2D eigenvalue weighted by Gasteiger charge is 2.57. The van der Waals surface area contributed by atoms with Gasteiger partial charge in [-0.05, 0) is 32.6 Å². The van der Waals surface area contributed by atoms with Gasteiger partial charge in [-0.1, -0.05) is 19.6 Å². The van der Waals surface area contributed by atoms with Gasteiger partial charge < -0.3 is 13.7 Å². The lowest BCUT2D eigenvalue weighted by Gasteiger charge is -2.35. The van der Waals surface area contributed by atoms with Crippen LogP contribution in [-0.2, 0) is 18.6 Å². The fourth-order valence-electron chi connectivity index (χ4n) is 1.74. The first kappa shape index (κ1) is 19.5. The molecule has 0 heterocycles. The summed E-state index contributed by atoms with van der Waals surface area (Å²) in [7, 11) is -13.7. The molecule has 0 bridgehead atoms. The fourth-order valence-corrected chi connectivity index (χ4v) is 12.8. The van der Waals surface area contributed by atoms with E-state index in [0.29, 0.717) is 0 Å². The van der Waals surface area contributed by atoms with Crippen LogP contribution in [0.4, 0.5) is 0 Å². The van der Waals surface area contributed by atoms with Gasteiger partial charge in [0.15, 0.2) is 4.49 Å². The molecule has 2 N–H and O–H groups in total. The summed E-state index contributed by atoms with van der Waals surface area (Å²) in [6.07, 6.45) is 0. The molecule has 0 saturated carbocycles. The largest absolute Gasteiger partial charge is 0.348 e. The second-order valence-corrected chi connectivity index (χ2v) is 21.7. The van der Waals surface area contributed by atoms with Crippen LogP contribution >= 0.6 is 7.60 Å². The Kier molecular flexibility index (Phi) is 5.50. The zero-order valence-corrected chi connectivity index (χ0v) is 16.3. The van der Waals surface area contributed by atoms with Crippen LogP contribution in [0.1, 0.15) is 6.92 Å². The lowest BCUT2D eigenvalue weighted by molar-refractivity contribution is 0.348. The molecule has 0 saturated heterocycles. The van der Waals surface area contributed by atoms with Crippen LogP contribution in [0.25, 0.3) is 0 Å². The van der Waals surface area contributed by atoms with Gasteiger partial charge in [-0.2, -0.15) is 8.42 Å². The number of hydrogen-bond acceptors (Lipinski definition) is 4. The monoisotopic (exact) mass is 348 g/mol. The first-order valence-electron chi connectivity index (χ1n) is 5.92. The average molecular weight is 349 g/mol. The summed E-state index contributed by atoms with van der Waals surface area (Å²) < 4.78 is 39.3. The van der Waals surface area contributed by atoms with Gasteiger partial charge >= 0.3 is 7.60 Å². The van der Waals surface area contributed by atoms with E-state index in [0.717, 1.165) is 6.92 Å². The first-order chi connectivity index (χ1) is 7.91. The Labute approximate surface area is 118 Å². The maximum Gasteiger partial charge on any atom is 0.348 e. The van der Waals surface area contributed by atoms with Crippen molar-refractivity contribution in [1.82, 2.24) is 0 Å². The van der Waals surface area contributed by atoms with Crippen LogP contribution in [-0.4, -0.2) is 39.1 Å². The Balaban J connectivity index is 5.85. The minimum absolute atomic E-state index is 0.0446. The predicted octanol–water partition coefficient (Wildman–Crippen LogP) is 2.40. The quantitative estimate of drug-likeness (QED) is 0.564. The van der Waals surface area contributed by atoms with Crippen LogP contribution in [0, 0.1) is 0 Å². The molecule has 19 heavy (non-hydrogen) atoms. The highest BCUT2D eigenvalue weighted by molar-refractivity contribution is 7.96. The van der Waals surface area contributed by atoms with E-state index in [2.05, 4.69) is 0 Å². The molecule has 1 atom stereocenters. The smallest absolute Gasteiger partial charge is 0.323 e. The van der Waals surface area contributed by atoms with E-state index in [1.54, 1.807) is 19.6 Å². The molecular formula is C9H25O6PSSi2. The van der Waals surface area contributed by atoms with E-state index < -0.39 is 38.6 Å². The molecule has 0 aromatic carbocycles. The highest BCUT2D eigenvalue weighted by Crippen LogP contribution is 2.58. The van der Waals surface area contributed by atoms with Gasteiger partial charge in [0, 0.05) is 8.07 Å².